The maximum absolute atomic E-state index is 12.2. The van der Waals surface area contributed by atoms with Gasteiger partial charge in [0.05, 0.1) is 19.3 Å². The van der Waals surface area contributed by atoms with Gasteiger partial charge >= 0.3 is 5.97 Å². The summed E-state index contributed by atoms with van der Waals surface area (Å²) in [5, 5.41) is 20.7. The van der Waals surface area contributed by atoms with Crippen LogP contribution in [0, 0.1) is 0 Å². The molecule has 0 saturated heterocycles. The predicted molar refractivity (Wildman–Crippen MR) is 86.6 cm³/mol. The molecule has 0 aromatic heterocycles. The van der Waals surface area contributed by atoms with Gasteiger partial charge in [-0.2, -0.15) is 0 Å². The molecule has 1 aromatic carbocycles. The lowest BCUT2D eigenvalue weighted by Crippen LogP contribution is -2.26. The molecule has 0 radical (unpaired) electrons. The summed E-state index contributed by atoms with van der Waals surface area (Å²) in [6, 6.07) is 5.12. The van der Waals surface area contributed by atoms with Crippen molar-refractivity contribution in [2.75, 3.05) is 13.7 Å². The zero-order chi connectivity index (χ0) is 17.1. The van der Waals surface area contributed by atoms with Gasteiger partial charge in [-0.3, -0.25) is 9.59 Å². The second-order valence-electron chi connectivity index (χ2n) is 5.32. The van der Waals surface area contributed by atoms with Crippen LogP contribution >= 0.6 is 0 Å². The van der Waals surface area contributed by atoms with E-state index >= 15 is 0 Å². The lowest BCUT2D eigenvalue weighted by molar-refractivity contribution is -0.137. The second kappa shape index (κ2) is 10.6. The molecule has 6 nitrogen and oxygen atoms in total. The number of carbonyl (C=O) groups excluding carboxylic acids is 1. The third kappa shape index (κ3) is 6.69. The summed E-state index contributed by atoms with van der Waals surface area (Å²) in [5.41, 5.74) is 0.912. The molecule has 0 heterocycles. The number of hydrogen-bond acceptors (Lipinski definition) is 4. The number of methoxy groups -OCH3 is 1. The van der Waals surface area contributed by atoms with Crippen molar-refractivity contribution in [1.82, 2.24) is 5.32 Å². The van der Waals surface area contributed by atoms with E-state index < -0.39 is 5.97 Å². The first-order valence-electron chi connectivity index (χ1n) is 7.87. The monoisotopic (exact) mass is 323 g/mol. The Morgan fingerprint density at radius 1 is 1.13 bits per heavy atom. The van der Waals surface area contributed by atoms with Gasteiger partial charge in [0.2, 0.25) is 0 Å². The van der Waals surface area contributed by atoms with Crippen LogP contribution in [0.25, 0.3) is 0 Å². The minimum atomic E-state index is -0.756. The molecule has 6 heteroatoms. The number of benzene rings is 1. The first kappa shape index (κ1) is 19.0. The number of unbranched alkanes of at least 4 members (excludes halogenated alkanes) is 4. The molecule has 0 saturated carbocycles. The number of aliphatic carboxylic acids is 1. The topological polar surface area (TPSA) is 95.9 Å². The molecule has 0 atom stereocenters. The van der Waals surface area contributed by atoms with Gasteiger partial charge in [-0.25, -0.2) is 0 Å². The van der Waals surface area contributed by atoms with Gasteiger partial charge in [0.15, 0.2) is 0 Å². The number of nitrogens with one attached hydrogen (secondary N) is 1. The predicted octanol–water partition coefficient (Wildman–Crippen LogP) is 2.34. The summed E-state index contributed by atoms with van der Waals surface area (Å²) in [6.07, 6.45) is 4.54. The van der Waals surface area contributed by atoms with E-state index in [4.69, 9.17) is 9.84 Å². The minimum Gasteiger partial charge on any atom is -0.496 e. The smallest absolute Gasteiger partial charge is 0.303 e. The average Bonchev–Trinajstić information content (AvgIpc) is 2.55. The van der Waals surface area contributed by atoms with Crippen LogP contribution in [-0.2, 0) is 11.4 Å². The molecule has 0 bridgehead atoms. The second-order valence-corrected chi connectivity index (χ2v) is 5.32. The van der Waals surface area contributed by atoms with Gasteiger partial charge in [-0.1, -0.05) is 31.4 Å². The molecule has 0 fully saturated rings. The number of carboxylic acids is 1. The average molecular weight is 323 g/mol. The van der Waals surface area contributed by atoms with Gasteiger partial charge in [0.1, 0.15) is 5.75 Å². The Morgan fingerprint density at radius 3 is 2.48 bits per heavy atom. The van der Waals surface area contributed by atoms with Gasteiger partial charge in [-0.05, 0) is 24.5 Å². The molecule has 1 aromatic rings. The highest BCUT2D eigenvalue weighted by atomic mass is 16.5. The Hall–Kier alpha value is -2.08. The lowest BCUT2D eigenvalue weighted by Gasteiger charge is -2.12. The fourth-order valence-electron chi connectivity index (χ4n) is 2.36. The summed E-state index contributed by atoms with van der Waals surface area (Å²) < 4.78 is 5.18. The Morgan fingerprint density at radius 2 is 1.83 bits per heavy atom. The van der Waals surface area contributed by atoms with E-state index in [1.807, 2.05) is 0 Å². The molecule has 0 unspecified atom stereocenters. The number of carbonyl (C=O) groups is 2. The number of aliphatic hydroxyl groups is 1. The fourth-order valence-corrected chi connectivity index (χ4v) is 2.36. The summed E-state index contributed by atoms with van der Waals surface area (Å²) in [4.78, 5) is 22.6. The molecule has 1 amide bonds. The largest absolute Gasteiger partial charge is 0.496 e. The normalized spacial score (nSPS) is 10.3. The van der Waals surface area contributed by atoms with Crippen LogP contribution in [0.2, 0.25) is 0 Å². The van der Waals surface area contributed by atoms with Crippen molar-refractivity contribution >= 4 is 11.9 Å². The number of aliphatic hydroxyl groups excluding tert-OH is 1. The van der Waals surface area contributed by atoms with E-state index in [1.54, 1.807) is 18.2 Å². The van der Waals surface area contributed by atoms with E-state index in [1.165, 1.54) is 7.11 Å². The Balaban J connectivity index is 2.33. The highest BCUT2D eigenvalue weighted by Gasteiger charge is 2.16. The maximum Gasteiger partial charge on any atom is 0.303 e. The first-order valence-corrected chi connectivity index (χ1v) is 7.87. The van der Waals surface area contributed by atoms with E-state index in [9.17, 15) is 14.7 Å². The van der Waals surface area contributed by atoms with Crippen LogP contribution in [0.1, 0.15) is 54.4 Å². The zero-order valence-electron chi connectivity index (χ0n) is 13.5. The van der Waals surface area contributed by atoms with Crippen molar-refractivity contribution < 1.29 is 24.5 Å². The Labute approximate surface area is 136 Å². The van der Waals surface area contributed by atoms with Gasteiger partial charge < -0.3 is 20.3 Å². The van der Waals surface area contributed by atoms with Crippen molar-refractivity contribution in [3.05, 3.63) is 29.3 Å². The summed E-state index contributed by atoms with van der Waals surface area (Å²) >= 11 is 0. The number of carboxylic acid groups (broad SMARTS) is 1. The molecule has 0 aliphatic carbocycles. The summed E-state index contributed by atoms with van der Waals surface area (Å²) in [6.45, 7) is 0.324. The molecule has 0 aliphatic heterocycles. The van der Waals surface area contributed by atoms with E-state index in [0.717, 1.165) is 25.7 Å². The highest BCUT2D eigenvalue weighted by Crippen LogP contribution is 2.22. The lowest BCUT2D eigenvalue weighted by atomic mass is 10.1. The van der Waals surface area contributed by atoms with E-state index in [2.05, 4.69) is 5.32 Å². The van der Waals surface area contributed by atoms with Crippen LogP contribution in [0.15, 0.2) is 18.2 Å². The van der Waals surface area contributed by atoms with Crippen LogP contribution < -0.4 is 10.1 Å². The molecule has 1 rings (SSSR count). The Kier molecular flexibility index (Phi) is 8.75. The summed E-state index contributed by atoms with van der Waals surface area (Å²) in [7, 11) is 1.49. The van der Waals surface area contributed by atoms with E-state index in [0.29, 0.717) is 29.8 Å². The third-order valence-corrected chi connectivity index (χ3v) is 3.58. The number of amides is 1. The van der Waals surface area contributed by atoms with Crippen LogP contribution in [0.3, 0.4) is 0 Å². The number of rotatable bonds is 11. The molecular formula is C17H25NO5. The SMILES string of the molecule is COc1cccc(CO)c1C(=O)NCCCCCCCC(=O)O. The minimum absolute atomic E-state index is 0.217. The standard InChI is InChI=1S/C17H25NO5/c1-23-14-9-7-8-13(12-19)16(14)17(22)18-11-6-4-2-3-5-10-15(20)21/h7-9,19H,2-6,10-12H2,1H3,(H,18,22)(H,20,21). The van der Waals surface area contributed by atoms with Crippen LogP contribution in [0.5, 0.6) is 5.75 Å². The zero-order valence-corrected chi connectivity index (χ0v) is 13.5. The van der Waals surface area contributed by atoms with Crippen LogP contribution in [0.4, 0.5) is 0 Å². The number of hydrogen-bond donors (Lipinski definition) is 3. The molecule has 0 aliphatic rings. The van der Waals surface area contributed by atoms with Crippen molar-refractivity contribution in [2.24, 2.45) is 0 Å². The number of ether oxygens (including phenoxy) is 1. The molecule has 23 heavy (non-hydrogen) atoms. The first-order chi connectivity index (χ1) is 11.1. The van der Waals surface area contributed by atoms with E-state index in [-0.39, 0.29) is 18.9 Å². The highest BCUT2D eigenvalue weighted by molar-refractivity contribution is 5.98. The quantitative estimate of drug-likeness (QED) is 0.543. The Bertz CT molecular complexity index is 493. The fraction of sp³-hybridized carbons (Fsp3) is 0.529. The summed E-state index contributed by atoms with van der Waals surface area (Å²) in [5.74, 6) is -0.561. The third-order valence-electron chi connectivity index (χ3n) is 3.58. The van der Waals surface area contributed by atoms with Gasteiger partial charge in [0, 0.05) is 13.0 Å². The maximum atomic E-state index is 12.2. The molecule has 0 spiro atoms. The molecule has 3 N–H and O–H groups in total. The molecular weight excluding hydrogens is 298 g/mol. The molecule has 128 valence electrons. The van der Waals surface area contributed by atoms with Gasteiger partial charge in [0.25, 0.3) is 5.91 Å². The van der Waals surface area contributed by atoms with Gasteiger partial charge in [-0.15, -0.1) is 0 Å². The van der Waals surface area contributed by atoms with Crippen molar-refractivity contribution in [3.63, 3.8) is 0 Å². The van der Waals surface area contributed by atoms with Crippen molar-refractivity contribution in [3.8, 4) is 5.75 Å². The van der Waals surface area contributed by atoms with Crippen LogP contribution in [-0.4, -0.2) is 35.7 Å². The van der Waals surface area contributed by atoms with Crippen molar-refractivity contribution in [2.45, 2.75) is 45.1 Å². The van der Waals surface area contributed by atoms with Crippen molar-refractivity contribution in [1.29, 1.82) is 0 Å².